The van der Waals surface area contributed by atoms with Crippen LogP contribution in [0.1, 0.15) is 33.0 Å². The number of hydrogen-bond acceptors (Lipinski definition) is 4. The van der Waals surface area contributed by atoms with Crippen molar-refractivity contribution in [2.24, 2.45) is 0 Å². The molecule has 0 spiro atoms. The van der Waals surface area contributed by atoms with Crippen LogP contribution in [-0.4, -0.2) is 41.3 Å². The Morgan fingerprint density at radius 3 is 2.41 bits per heavy atom. The van der Waals surface area contributed by atoms with Crippen LogP contribution in [0.5, 0.6) is 0 Å². The normalized spacial score (nSPS) is 11.9. The van der Waals surface area contributed by atoms with Crippen LogP contribution < -0.4 is 5.32 Å². The highest BCUT2D eigenvalue weighted by atomic mass is 32.2. The van der Waals surface area contributed by atoms with E-state index in [0.29, 0.717) is 37.4 Å². The first-order valence-corrected chi connectivity index (χ1v) is 11.9. The van der Waals surface area contributed by atoms with Gasteiger partial charge in [0.05, 0.1) is 15.9 Å². The van der Waals surface area contributed by atoms with Gasteiger partial charge in [-0.3, -0.25) is 4.79 Å². The lowest BCUT2D eigenvalue weighted by Crippen LogP contribution is -2.30. The SMILES string of the molecule is CCN(CC)S(=O)(=O)c1ccc2c(c1)nc(CCC(=O)Nc1ccc(F)c(F)c1)n2CC. The van der Waals surface area contributed by atoms with Gasteiger partial charge in [-0.15, -0.1) is 0 Å². The third-order valence-electron chi connectivity index (χ3n) is 5.24. The molecule has 0 aliphatic heterocycles. The molecule has 10 heteroatoms. The van der Waals surface area contributed by atoms with E-state index in [2.05, 4.69) is 10.3 Å². The number of nitrogens with one attached hydrogen (secondary N) is 1. The van der Waals surface area contributed by atoms with Crippen LogP contribution in [0.4, 0.5) is 14.5 Å². The molecule has 0 saturated heterocycles. The number of benzene rings is 2. The van der Waals surface area contributed by atoms with Crippen LogP contribution in [0.15, 0.2) is 41.3 Å². The van der Waals surface area contributed by atoms with Crippen molar-refractivity contribution in [1.29, 1.82) is 0 Å². The molecule has 0 saturated carbocycles. The Morgan fingerprint density at radius 2 is 1.78 bits per heavy atom. The third kappa shape index (κ3) is 4.81. The highest BCUT2D eigenvalue weighted by Gasteiger charge is 2.23. The zero-order valence-corrected chi connectivity index (χ0v) is 19.0. The first kappa shape index (κ1) is 23.8. The second kappa shape index (κ2) is 9.74. The molecule has 1 N–H and O–H groups in total. The molecule has 0 unspecified atom stereocenters. The van der Waals surface area contributed by atoms with Crippen LogP contribution in [-0.2, 0) is 27.8 Å². The van der Waals surface area contributed by atoms with Gasteiger partial charge in [-0.1, -0.05) is 13.8 Å². The van der Waals surface area contributed by atoms with Crippen molar-refractivity contribution >= 4 is 32.7 Å². The Labute approximate surface area is 186 Å². The fraction of sp³-hybridized carbons (Fsp3) is 0.364. The number of hydrogen-bond donors (Lipinski definition) is 1. The van der Waals surface area contributed by atoms with E-state index in [4.69, 9.17) is 0 Å². The second-order valence-corrected chi connectivity index (χ2v) is 9.13. The van der Waals surface area contributed by atoms with Gasteiger partial charge < -0.3 is 9.88 Å². The minimum absolute atomic E-state index is 0.0763. The lowest BCUT2D eigenvalue weighted by atomic mass is 10.2. The van der Waals surface area contributed by atoms with Gasteiger partial charge in [0.15, 0.2) is 11.6 Å². The molecule has 1 amide bonds. The number of carbonyl (C=O) groups excluding carboxylic acids is 1. The van der Waals surface area contributed by atoms with Gasteiger partial charge in [0, 0.05) is 44.2 Å². The number of sulfonamides is 1. The van der Waals surface area contributed by atoms with Crippen molar-refractivity contribution in [2.75, 3.05) is 18.4 Å². The predicted octanol–water partition coefficient (Wildman–Crippen LogP) is 3.94. The second-order valence-electron chi connectivity index (χ2n) is 7.19. The van der Waals surface area contributed by atoms with Gasteiger partial charge in [-0.2, -0.15) is 4.31 Å². The molecular weight excluding hydrogens is 438 g/mol. The van der Waals surface area contributed by atoms with Gasteiger partial charge in [-0.05, 0) is 37.3 Å². The summed E-state index contributed by atoms with van der Waals surface area (Å²) in [6, 6.07) is 8.02. The average Bonchev–Trinajstić information content (AvgIpc) is 3.12. The van der Waals surface area contributed by atoms with Crippen molar-refractivity contribution in [3.8, 4) is 0 Å². The van der Waals surface area contributed by atoms with Gasteiger partial charge >= 0.3 is 0 Å². The van der Waals surface area contributed by atoms with Crippen molar-refractivity contribution in [3.05, 3.63) is 53.9 Å². The molecule has 32 heavy (non-hydrogen) atoms. The number of halogens is 2. The van der Waals surface area contributed by atoms with Crippen LogP contribution >= 0.6 is 0 Å². The van der Waals surface area contributed by atoms with Crippen LogP contribution in [0.3, 0.4) is 0 Å². The molecule has 0 atom stereocenters. The average molecular weight is 465 g/mol. The Balaban J connectivity index is 1.80. The van der Waals surface area contributed by atoms with Crippen molar-refractivity contribution in [1.82, 2.24) is 13.9 Å². The van der Waals surface area contributed by atoms with Gasteiger partial charge in [0.2, 0.25) is 15.9 Å². The largest absolute Gasteiger partial charge is 0.328 e. The fourth-order valence-electron chi connectivity index (χ4n) is 3.60. The van der Waals surface area contributed by atoms with Crippen molar-refractivity contribution < 1.29 is 22.0 Å². The molecule has 0 bridgehead atoms. The molecule has 3 rings (SSSR count). The zero-order chi connectivity index (χ0) is 23.5. The summed E-state index contributed by atoms with van der Waals surface area (Å²) in [5.74, 6) is -1.75. The van der Waals surface area contributed by atoms with E-state index in [1.54, 1.807) is 32.0 Å². The highest BCUT2D eigenvalue weighted by molar-refractivity contribution is 7.89. The molecule has 0 fully saturated rings. The molecule has 0 aliphatic rings. The summed E-state index contributed by atoms with van der Waals surface area (Å²) >= 11 is 0. The molecule has 172 valence electrons. The molecule has 0 radical (unpaired) electrons. The van der Waals surface area contributed by atoms with Crippen LogP contribution in [0, 0.1) is 11.6 Å². The molecular formula is C22H26F2N4O3S. The van der Waals surface area contributed by atoms with E-state index < -0.39 is 21.7 Å². The van der Waals surface area contributed by atoms with E-state index in [1.807, 2.05) is 11.5 Å². The maximum absolute atomic E-state index is 13.3. The summed E-state index contributed by atoms with van der Waals surface area (Å²) in [4.78, 5) is 17.0. The van der Waals surface area contributed by atoms with Gasteiger partial charge in [0.1, 0.15) is 5.82 Å². The summed E-state index contributed by atoms with van der Waals surface area (Å²) in [5, 5.41) is 2.54. The molecule has 1 aromatic heterocycles. The van der Waals surface area contributed by atoms with E-state index >= 15 is 0 Å². The number of imidazole rings is 1. The minimum atomic E-state index is -3.61. The Kier molecular flexibility index (Phi) is 7.25. The Hall–Kier alpha value is -2.85. The standard InChI is InChI=1S/C22H26F2N4O3S/c1-4-27(5-2)32(30,31)16-8-10-20-19(14-16)26-21(28(20)6-3)11-12-22(29)25-15-7-9-17(23)18(24)13-15/h7-10,13-14H,4-6,11-12H2,1-3H3,(H,25,29). The zero-order valence-electron chi connectivity index (χ0n) is 18.2. The number of anilines is 1. The fourth-order valence-corrected chi connectivity index (χ4v) is 5.08. The summed E-state index contributed by atoms with van der Waals surface area (Å²) < 4.78 is 55.3. The third-order valence-corrected chi connectivity index (χ3v) is 7.28. The number of rotatable bonds is 9. The summed E-state index contributed by atoms with van der Waals surface area (Å²) in [6.07, 6.45) is 0.378. The number of carbonyl (C=O) groups is 1. The summed E-state index contributed by atoms with van der Waals surface area (Å²) in [6.45, 7) is 6.85. The topological polar surface area (TPSA) is 84.3 Å². The summed E-state index contributed by atoms with van der Waals surface area (Å²) in [7, 11) is -3.61. The van der Waals surface area contributed by atoms with E-state index in [-0.39, 0.29) is 22.9 Å². The van der Waals surface area contributed by atoms with Crippen molar-refractivity contribution in [2.45, 2.75) is 45.1 Å². The smallest absolute Gasteiger partial charge is 0.243 e. The van der Waals surface area contributed by atoms with E-state index in [9.17, 15) is 22.0 Å². The number of aromatic nitrogens is 2. The first-order chi connectivity index (χ1) is 15.2. The summed E-state index contributed by atoms with van der Waals surface area (Å²) in [5.41, 5.74) is 1.49. The first-order valence-electron chi connectivity index (χ1n) is 10.4. The van der Waals surface area contributed by atoms with Crippen LogP contribution in [0.25, 0.3) is 11.0 Å². The predicted molar refractivity (Wildman–Crippen MR) is 119 cm³/mol. The van der Waals surface area contributed by atoms with Gasteiger partial charge in [-0.25, -0.2) is 22.2 Å². The lowest BCUT2D eigenvalue weighted by molar-refractivity contribution is -0.116. The maximum Gasteiger partial charge on any atom is 0.243 e. The Bertz CT molecular complexity index is 1240. The van der Waals surface area contributed by atoms with E-state index in [0.717, 1.165) is 17.6 Å². The number of amides is 1. The molecule has 2 aromatic carbocycles. The lowest BCUT2D eigenvalue weighted by Gasteiger charge is -2.18. The number of nitrogens with zero attached hydrogens (tertiary/aromatic N) is 3. The number of fused-ring (bicyclic) bond motifs is 1. The van der Waals surface area contributed by atoms with Gasteiger partial charge in [0.25, 0.3) is 0 Å². The molecule has 1 heterocycles. The van der Waals surface area contributed by atoms with Crippen molar-refractivity contribution in [3.63, 3.8) is 0 Å². The van der Waals surface area contributed by atoms with Crippen LogP contribution in [0.2, 0.25) is 0 Å². The Morgan fingerprint density at radius 1 is 1.06 bits per heavy atom. The number of aryl methyl sites for hydroxylation is 2. The highest BCUT2D eigenvalue weighted by Crippen LogP contribution is 2.24. The molecule has 0 aliphatic carbocycles. The monoisotopic (exact) mass is 464 g/mol. The quantitative estimate of drug-likeness (QED) is 0.520. The van der Waals surface area contributed by atoms with E-state index in [1.165, 1.54) is 10.4 Å². The maximum atomic E-state index is 13.3. The molecule has 7 nitrogen and oxygen atoms in total. The minimum Gasteiger partial charge on any atom is -0.328 e. The molecule has 3 aromatic rings.